The molecule has 3 aromatic rings. The Hall–Kier alpha value is -1.97. The van der Waals surface area contributed by atoms with E-state index in [-0.39, 0.29) is 0 Å². The van der Waals surface area contributed by atoms with Crippen molar-refractivity contribution in [3.05, 3.63) is 92.9 Å². The molecule has 0 atom stereocenters. The van der Waals surface area contributed by atoms with Crippen LogP contribution in [0.1, 0.15) is 23.6 Å². The first-order valence-corrected chi connectivity index (χ1v) is 9.80. The molecule has 0 aromatic heterocycles. The van der Waals surface area contributed by atoms with Crippen molar-refractivity contribution in [2.75, 3.05) is 5.32 Å². The largest absolute Gasteiger partial charge is 0.489 e. The molecule has 0 spiro atoms. The molecule has 3 aromatic carbocycles. The van der Waals surface area contributed by atoms with Crippen LogP contribution in [0.4, 0.5) is 5.69 Å². The van der Waals surface area contributed by atoms with Gasteiger partial charge in [0, 0.05) is 27.3 Å². The second kappa shape index (κ2) is 9.11. The normalized spacial score (nSPS) is 10.6. The minimum atomic E-state index is 0.511. The van der Waals surface area contributed by atoms with Crippen LogP contribution in [0.25, 0.3) is 0 Å². The summed E-state index contributed by atoms with van der Waals surface area (Å²) >= 11 is 9.50. The van der Waals surface area contributed by atoms with Crippen molar-refractivity contribution in [3.63, 3.8) is 0 Å². The second-order valence-corrected chi connectivity index (χ2v) is 7.38. The Labute approximate surface area is 168 Å². The van der Waals surface area contributed by atoms with E-state index in [1.165, 1.54) is 11.3 Å². The Morgan fingerprint density at radius 1 is 0.962 bits per heavy atom. The summed E-state index contributed by atoms with van der Waals surface area (Å²) in [5.41, 5.74) is 4.68. The number of benzene rings is 3. The molecule has 0 aliphatic heterocycles. The highest BCUT2D eigenvalue weighted by molar-refractivity contribution is 9.10. The number of para-hydroxylation sites is 1. The van der Waals surface area contributed by atoms with Crippen LogP contribution in [-0.2, 0) is 19.6 Å². The highest BCUT2D eigenvalue weighted by Crippen LogP contribution is 2.26. The lowest BCUT2D eigenvalue weighted by molar-refractivity contribution is 0.303. The summed E-state index contributed by atoms with van der Waals surface area (Å²) in [5.74, 6) is 0.879. The Kier molecular flexibility index (Phi) is 6.59. The topological polar surface area (TPSA) is 21.3 Å². The van der Waals surface area contributed by atoms with E-state index in [0.29, 0.717) is 13.2 Å². The molecule has 1 N–H and O–H groups in total. The fourth-order valence-corrected chi connectivity index (χ4v) is 3.29. The van der Waals surface area contributed by atoms with Gasteiger partial charge < -0.3 is 10.1 Å². The van der Waals surface area contributed by atoms with Crippen molar-refractivity contribution >= 4 is 33.2 Å². The molecule has 0 radical (unpaired) electrons. The molecule has 134 valence electrons. The lowest BCUT2D eigenvalue weighted by Crippen LogP contribution is -2.05. The Morgan fingerprint density at radius 3 is 2.50 bits per heavy atom. The van der Waals surface area contributed by atoms with Crippen molar-refractivity contribution in [3.8, 4) is 5.75 Å². The number of hydrogen-bond acceptors (Lipinski definition) is 2. The zero-order valence-corrected chi connectivity index (χ0v) is 17.0. The number of anilines is 1. The van der Waals surface area contributed by atoms with E-state index in [2.05, 4.69) is 58.5 Å². The van der Waals surface area contributed by atoms with Crippen LogP contribution in [0.5, 0.6) is 5.75 Å². The van der Waals surface area contributed by atoms with E-state index in [1.54, 1.807) is 0 Å². The summed E-state index contributed by atoms with van der Waals surface area (Å²) in [4.78, 5) is 0. The maximum Gasteiger partial charge on any atom is 0.124 e. The predicted octanol–water partition coefficient (Wildman–Crippen LogP) is 6.86. The van der Waals surface area contributed by atoms with Crippen molar-refractivity contribution in [1.29, 1.82) is 0 Å². The molecule has 0 heterocycles. The first-order valence-electron chi connectivity index (χ1n) is 8.63. The van der Waals surface area contributed by atoms with Gasteiger partial charge in [0.05, 0.1) is 0 Å². The molecular formula is C22H21BrClNO. The number of rotatable bonds is 7. The van der Waals surface area contributed by atoms with Gasteiger partial charge in [0.25, 0.3) is 0 Å². The quantitative estimate of drug-likeness (QED) is 0.442. The minimum absolute atomic E-state index is 0.511. The smallest absolute Gasteiger partial charge is 0.124 e. The Bertz CT molecular complexity index is 864. The maximum absolute atomic E-state index is 6.06. The molecule has 0 aliphatic rings. The molecule has 3 rings (SSSR count). The summed E-state index contributed by atoms with van der Waals surface area (Å²) in [6.45, 7) is 3.38. The third kappa shape index (κ3) is 5.03. The fourth-order valence-electron chi connectivity index (χ4n) is 2.76. The van der Waals surface area contributed by atoms with Gasteiger partial charge >= 0.3 is 0 Å². The van der Waals surface area contributed by atoms with Gasteiger partial charge in [-0.2, -0.15) is 0 Å². The average molecular weight is 431 g/mol. The highest BCUT2D eigenvalue weighted by atomic mass is 79.9. The molecule has 0 bridgehead atoms. The van der Waals surface area contributed by atoms with Crippen molar-refractivity contribution in [2.24, 2.45) is 0 Å². The van der Waals surface area contributed by atoms with Crippen LogP contribution in [0, 0.1) is 0 Å². The van der Waals surface area contributed by atoms with E-state index >= 15 is 0 Å². The van der Waals surface area contributed by atoms with E-state index in [4.69, 9.17) is 16.3 Å². The van der Waals surface area contributed by atoms with E-state index < -0.39 is 0 Å². The van der Waals surface area contributed by atoms with E-state index in [0.717, 1.165) is 32.8 Å². The highest BCUT2D eigenvalue weighted by Gasteiger charge is 2.07. The SMILES string of the molecule is CCc1ccccc1NCc1cc(Br)ccc1OCc1ccc(Cl)cc1. The molecule has 4 heteroatoms. The second-order valence-electron chi connectivity index (χ2n) is 6.03. The number of aryl methyl sites for hydroxylation is 1. The first kappa shape index (κ1) is 18.8. The average Bonchev–Trinajstić information content (AvgIpc) is 2.67. The van der Waals surface area contributed by atoms with Gasteiger partial charge in [-0.05, 0) is 53.9 Å². The number of hydrogen-bond donors (Lipinski definition) is 1. The molecule has 0 amide bonds. The number of halogens is 2. The standard InChI is InChI=1S/C22H21BrClNO/c1-2-17-5-3-4-6-21(17)25-14-18-13-19(23)9-12-22(18)26-15-16-7-10-20(24)11-8-16/h3-13,25H,2,14-15H2,1H3. The number of ether oxygens (including phenoxy) is 1. The molecular weight excluding hydrogens is 410 g/mol. The summed E-state index contributed by atoms with van der Waals surface area (Å²) in [6, 6.07) is 22.2. The summed E-state index contributed by atoms with van der Waals surface area (Å²) in [6.07, 6.45) is 1.00. The third-order valence-electron chi connectivity index (χ3n) is 4.20. The molecule has 0 saturated heterocycles. The van der Waals surface area contributed by atoms with Gasteiger partial charge in [-0.25, -0.2) is 0 Å². The predicted molar refractivity (Wildman–Crippen MR) is 113 cm³/mol. The molecule has 0 saturated carbocycles. The van der Waals surface area contributed by atoms with Crippen molar-refractivity contribution in [2.45, 2.75) is 26.5 Å². The van der Waals surface area contributed by atoms with Gasteiger partial charge in [0.2, 0.25) is 0 Å². The molecule has 2 nitrogen and oxygen atoms in total. The van der Waals surface area contributed by atoms with Gasteiger partial charge in [-0.15, -0.1) is 0 Å². The fraction of sp³-hybridized carbons (Fsp3) is 0.182. The van der Waals surface area contributed by atoms with Crippen LogP contribution in [0.2, 0.25) is 5.02 Å². The van der Waals surface area contributed by atoms with Crippen molar-refractivity contribution in [1.82, 2.24) is 0 Å². The van der Waals surface area contributed by atoms with Crippen LogP contribution in [0.3, 0.4) is 0 Å². The van der Waals surface area contributed by atoms with Crippen LogP contribution in [0.15, 0.2) is 71.2 Å². The lowest BCUT2D eigenvalue weighted by Gasteiger charge is -2.15. The van der Waals surface area contributed by atoms with Gasteiger partial charge in [0.1, 0.15) is 12.4 Å². The first-order chi connectivity index (χ1) is 12.7. The van der Waals surface area contributed by atoms with Crippen LogP contribution in [-0.4, -0.2) is 0 Å². The summed E-state index contributed by atoms with van der Waals surface area (Å²) in [7, 11) is 0. The summed E-state index contributed by atoms with van der Waals surface area (Å²) in [5, 5.41) is 4.27. The summed E-state index contributed by atoms with van der Waals surface area (Å²) < 4.78 is 7.10. The number of nitrogens with one attached hydrogen (secondary N) is 1. The van der Waals surface area contributed by atoms with Crippen molar-refractivity contribution < 1.29 is 4.74 Å². The molecule has 0 fully saturated rings. The van der Waals surface area contributed by atoms with Gasteiger partial charge in [-0.1, -0.05) is 64.8 Å². The third-order valence-corrected chi connectivity index (χ3v) is 4.94. The Morgan fingerprint density at radius 2 is 1.73 bits per heavy atom. The zero-order valence-electron chi connectivity index (χ0n) is 14.6. The Balaban J connectivity index is 1.72. The molecule has 26 heavy (non-hydrogen) atoms. The van der Waals surface area contributed by atoms with E-state index in [1.807, 2.05) is 36.4 Å². The van der Waals surface area contributed by atoms with E-state index in [9.17, 15) is 0 Å². The zero-order chi connectivity index (χ0) is 18.4. The van der Waals surface area contributed by atoms with Crippen LogP contribution < -0.4 is 10.1 Å². The molecule has 0 unspecified atom stereocenters. The monoisotopic (exact) mass is 429 g/mol. The van der Waals surface area contributed by atoms with Gasteiger partial charge in [-0.3, -0.25) is 0 Å². The minimum Gasteiger partial charge on any atom is -0.489 e. The van der Waals surface area contributed by atoms with Crippen LogP contribution >= 0.6 is 27.5 Å². The lowest BCUT2D eigenvalue weighted by atomic mass is 10.1. The van der Waals surface area contributed by atoms with Gasteiger partial charge in [0.15, 0.2) is 0 Å². The maximum atomic E-state index is 6.06. The molecule has 0 aliphatic carbocycles.